The highest BCUT2D eigenvalue weighted by Crippen LogP contribution is 2.16. The van der Waals surface area contributed by atoms with E-state index in [9.17, 15) is 14.4 Å². The van der Waals surface area contributed by atoms with Gasteiger partial charge < -0.3 is 15.5 Å². The molecule has 10 nitrogen and oxygen atoms in total. The number of fused-ring (bicyclic) bond motifs is 3. The molecule has 2 aliphatic rings. The van der Waals surface area contributed by atoms with Crippen LogP contribution < -0.4 is 10.6 Å². The van der Waals surface area contributed by atoms with Crippen LogP contribution in [0.2, 0.25) is 0 Å². The predicted molar refractivity (Wildman–Crippen MR) is 158 cm³/mol. The van der Waals surface area contributed by atoms with Gasteiger partial charge in [-0.15, -0.1) is 5.10 Å². The molecule has 41 heavy (non-hydrogen) atoms. The van der Waals surface area contributed by atoms with E-state index in [1.165, 1.54) is 11.1 Å². The Kier molecular flexibility index (Phi) is 10.8. The molecule has 2 bridgehead atoms. The zero-order valence-corrected chi connectivity index (χ0v) is 24.5. The third-order valence-corrected chi connectivity index (χ3v) is 7.58. The lowest BCUT2D eigenvalue weighted by Gasteiger charge is -2.41. The van der Waals surface area contributed by atoms with Gasteiger partial charge in [-0.3, -0.25) is 24.0 Å². The summed E-state index contributed by atoms with van der Waals surface area (Å²) in [6, 6.07) is 8.22. The summed E-state index contributed by atoms with van der Waals surface area (Å²) < 4.78 is 1.68. The van der Waals surface area contributed by atoms with Crippen molar-refractivity contribution in [3.05, 3.63) is 71.1 Å². The summed E-state index contributed by atoms with van der Waals surface area (Å²) in [6.07, 6.45) is 9.45. The number of benzene rings is 1. The third kappa shape index (κ3) is 9.11. The second kappa shape index (κ2) is 14.7. The minimum Gasteiger partial charge on any atom is -0.348 e. The van der Waals surface area contributed by atoms with Crippen molar-refractivity contribution in [2.45, 2.75) is 78.0 Å². The summed E-state index contributed by atoms with van der Waals surface area (Å²) in [5, 5.41) is 14.2. The van der Waals surface area contributed by atoms with E-state index in [4.69, 9.17) is 0 Å². The van der Waals surface area contributed by atoms with Crippen LogP contribution in [-0.2, 0) is 33.9 Å². The number of carbonyl (C=O) groups excluding carboxylic acids is 3. The van der Waals surface area contributed by atoms with Gasteiger partial charge in [-0.25, -0.2) is 0 Å². The minimum atomic E-state index is -0.758. The average molecular weight is 562 g/mol. The third-order valence-electron chi connectivity index (χ3n) is 7.58. The van der Waals surface area contributed by atoms with E-state index in [0.29, 0.717) is 51.3 Å². The van der Waals surface area contributed by atoms with Crippen LogP contribution in [0.5, 0.6) is 0 Å². The Morgan fingerprint density at radius 1 is 1.05 bits per heavy atom. The van der Waals surface area contributed by atoms with Gasteiger partial charge in [-0.05, 0) is 45.6 Å². The topological polar surface area (TPSA) is 112 Å². The average Bonchev–Trinajstić information content (AvgIpc) is 3.41. The standard InChI is InChI=1S/C31H43N7O3/c1-23(2)9-7-10-24(3)14-16-36-17-18-38-28(22-36)30(40)32-20-26-21-37(35-34-26)15-8-13-29(39)33-27(31(38)41)19-25-11-5-4-6-12-25/h4-6,9,11-12,14,21,27-28H,7-8,10,13,15-20,22H2,1-3H3,(H,32,40)(H,33,39)/b24-14+/t27-,28+/m0/s1. The molecule has 4 rings (SSSR count). The number of rotatable bonds is 7. The van der Waals surface area contributed by atoms with Gasteiger partial charge in [0.25, 0.3) is 0 Å². The predicted octanol–water partition coefficient (Wildman–Crippen LogP) is 2.62. The first-order valence-electron chi connectivity index (χ1n) is 14.6. The maximum Gasteiger partial charge on any atom is 0.246 e. The second-order valence-corrected chi connectivity index (χ2v) is 11.3. The molecule has 3 heterocycles. The molecular formula is C31H43N7O3. The quantitative estimate of drug-likeness (QED) is 0.503. The molecule has 0 radical (unpaired) electrons. The number of hydrogen-bond acceptors (Lipinski definition) is 6. The number of amides is 3. The molecule has 2 aromatic rings. The van der Waals surface area contributed by atoms with Crippen LogP contribution in [0, 0.1) is 0 Å². The Morgan fingerprint density at radius 3 is 2.63 bits per heavy atom. The lowest BCUT2D eigenvalue weighted by atomic mass is 10.0. The summed E-state index contributed by atoms with van der Waals surface area (Å²) in [5.74, 6) is -0.654. The number of piperazine rings is 1. The van der Waals surface area contributed by atoms with Gasteiger partial charge in [0.2, 0.25) is 17.7 Å². The first-order chi connectivity index (χ1) is 19.8. The lowest BCUT2D eigenvalue weighted by Crippen LogP contribution is -2.63. The number of carbonyl (C=O) groups is 3. The maximum atomic E-state index is 14.0. The van der Waals surface area contributed by atoms with Crippen molar-refractivity contribution in [1.82, 2.24) is 35.4 Å². The molecule has 0 spiro atoms. The lowest BCUT2D eigenvalue weighted by molar-refractivity contribution is -0.146. The molecule has 1 aromatic carbocycles. The molecule has 3 amide bonds. The highest BCUT2D eigenvalue weighted by Gasteiger charge is 2.38. The van der Waals surface area contributed by atoms with Gasteiger partial charge in [0.15, 0.2) is 0 Å². The Morgan fingerprint density at radius 2 is 1.85 bits per heavy atom. The van der Waals surface area contributed by atoms with Gasteiger partial charge in [0.05, 0.1) is 12.7 Å². The molecule has 1 fully saturated rings. The van der Waals surface area contributed by atoms with Crippen molar-refractivity contribution in [2.24, 2.45) is 0 Å². The molecule has 2 atom stereocenters. The van der Waals surface area contributed by atoms with Crippen LogP contribution in [0.4, 0.5) is 0 Å². The monoisotopic (exact) mass is 561 g/mol. The summed E-state index contributed by atoms with van der Waals surface area (Å²) in [7, 11) is 0. The molecule has 10 heteroatoms. The maximum absolute atomic E-state index is 14.0. The van der Waals surface area contributed by atoms with Crippen LogP contribution in [0.1, 0.15) is 57.7 Å². The minimum absolute atomic E-state index is 0.192. The van der Waals surface area contributed by atoms with E-state index in [-0.39, 0.29) is 30.7 Å². The van der Waals surface area contributed by atoms with Crippen molar-refractivity contribution in [3.8, 4) is 0 Å². The SMILES string of the molecule is CC(C)=CCC/C(C)=C/CN1CCN2C(=O)[C@H](Cc3ccccc3)NC(=O)CCCn3cc(nn3)CNC(=O)[C@H]2C1. The number of nitrogens with one attached hydrogen (secondary N) is 2. The summed E-state index contributed by atoms with van der Waals surface area (Å²) in [4.78, 5) is 44.4. The summed E-state index contributed by atoms with van der Waals surface area (Å²) >= 11 is 0. The van der Waals surface area contributed by atoms with E-state index in [0.717, 1.165) is 18.4 Å². The number of nitrogens with zero attached hydrogens (tertiary/aromatic N) is 5. The zero-order valence-electron chi connectivity index (χ0n) is 24.5. The highest BCUT2D eigenvalue weighted by atomic mass is 16.2. The van der Waals surface area contributed by atoms with E-state index in [1.807, 2.05) is 30.3 Å². The Balaban J connectivity index is 1.54. The molecular weight excluding hydrogens is 518 g/mol. The normalized spacial score (nSPS) is 21.3. The second-order valence-electron chi connectivity index (χ2n) is 11.3. The first kappa shape index (κ1) is 30.2. The first-order valence-corrected chi connectivity index (χ1v) is 14.6. The fourth-order valence-corrected chi connectivity index (χ4v) is 5.21. The molecule has 1 aromatic heterocycles. The summed E-state index contributed by atoms with van der Waals surface area (Å²) in [6.45, 7) is 9.28. The van der Waals surface area contributed by atoms with Crippen molar-refractivity contribution >= 4 is 17.7 Å². The smallest absolute Gasteiger partial charge is 0.246 e. The van der Waals surface area contributed by atoms with E-state index < -0.39 is 12.1 Å². The molecule has 0 saturated carbocycles. The van der Waals surface area contributed by atoms with Gasteiger partial charge >= 0.3 is 0 Å². The van der Waals surface area contributed by atoms with Crippen molar-refractivity contribution in [3.63, 3.8) is 0 Å². The van der Waals surface area contributed by atoms with Crippen LogP contribution in [-0.4, -0.2) is 80.8 Å². The van der Waals surface area contributed by atoms with Crippen molar-refractivity contribution < 1.29 is 14.4 Å². The molecule has 220 valence electrons. The fraction of sp³-hybridized carbons (Fsp3) is 0.516. The van der Waals surface area contributed by atoms with Gasteiger partial charge in [-0.1, -0.05) is 58.8 Å². The number of aryl methyl sites for hydroxylation is 1. The van der Waals surface area contributed by atoms with Crippen molar-refractivity contribution in [1.29, 1.82) is 0 Å². The zero-order chi connectivity index (χ0) is 29.2. The van der Waals surface area contributed by atoms with E-state index >= 15 is 0 Å². The molecule has 0 aliphatic carbocycles. The molecule has 1 saturated heterocycles. The van der Waals surface area contributed by atoms with E-state index in [2.05, 4.69) is 58.8 Å². The van der Waals surface area contributed by atoms with Crippen LogP contribution >= 0.6 is 0 Å². The molecule has 2 aliphatic heterocycles. The highest BCUT2D eigenvalue weighted by molar-refractivity contribution is 5.92. The van der Waals surface area contributed by atoms with Crippen molar-refractivity contribution in [2.75, 3.05) is 26.2 Å². The van der Waals surface area contributed by atoms with Crippen LogP contribution in [0.25, 0.3) is 0 Å². The summed E-state index contributed by atoms with van der Waals surface area (Å²) in [5.41, 5.74) is 4.21. The number of hydrogen-bond donors (Lipinski definition) is 2. The van der Waals surface area contributed by atoms with Gasteiger partial charge in [-0.2, -0.15) is 0 Å². The fourth-order valence-electron chi connectivity index (χ4n) is 5.21. The number of allylic oxidation sites excluding steroid dienone is 3. The Hall–Kier alpha value is -3.79. The van der Waals surface area contributed by atoms with E-state index in [1.54, 1.807) is 15.8 Å². The molecule has 0 unspecified atom stereocenters. The Labute approximate surface area is 242 Å². The van der Waals surface area contributed by atoms with Gasteiger partial charge in [0.1, 0.15) is 17.8 Å². The largest absolute Gasteiger partial charge is 0.348 e. The Bertz CT molecular complexity index is 1250. The van der Waals surface area contributed by atoms with Gasteiger partial charge in [0, 0.05) is 45.6 Å². The van der Waals surface area contributed by atoms with Crippen LogP contribution in [0.3, 0.4) is 0 Å². The molecule has 2 N–H and O–H groups in total. The van der Waals surface area contributed by atoms with Crippen LogP contribution in [0.15, 0.2) is 59.8 Å². The number of aromatic nitrogens is 3.